The van der Waals surface area contributed by atoms with E-state index in [4.69, 9.17) is 9.47 Å². The fourth-order valence-corrected chi connectivity index (χ4v) is 4.50. The monoisotopic (exact) mass is 490 g/mol. The minimum absolute atomic E-state index is 0.251. The Bertz CT molecular complexity index is 1290. The molecule has 1 heterocycles. The quantitative estimate of drug-likeness (QED) is 0.387. The van der Waals surface area contributed by atoms with Crippen molar-refractivity contribution in [2.75, 3.05) is 25.1 Å². The van der Waals surface area contributed by atoms with E-state index in [0.29, 0.717) is 30.4 Å². The first-order chi connectivity index (χ1) is 17.0. The molecule has 180 valence electrons. The zero-order chi connectivity index (χ0) is 24.8. The largest absolute Gasteiger partial charge is 0.494 e. The Morgan fingerprint density at radius 3 is 2.51 bits per heavy atom. The fraction of sp³-hybridized carbons (Fsp3) is 0.222. The summed E-state index contributed by atoms with van der Waals surface area (Å²) < 4.78 is 11.3. The average molecular weight is 491 g/mol. The Hall–Kier alpha value is -3.78. The zero-order valence-electron chi connectivity index (χ0n) is 19.6. The number of anilines is 1. The van der Waals surface area contributed by atoms with E-state index in [1.54, 1.807) is 30.3 Å². The van der Waals surface area contributed by atoms with Gasteiger partial charge in [0.1, 0.15) is 18.0 Å². The predicted molar refractivity (Wildman–Crippen MR) is 139 cm³/mol. The van der Waals surface area contributed by atoms with Crippen LogP contribution in [0.3, 0.4) is 0 Å². The molecule has 3 aromatic rings. The number of nitrogens with one attached hydrogen (secondary N) is 1. The van der Waals surface area contributed by atoms with Gasteiger partial charge in [-0.05, 0) is 72.3 Å². The van der Waals surface area contributed by atoms with Crippen LogP contribution in [0.1, 0.15) is 25.8 Å². The van der Waals surface area contributed by atoms with E-state index in [0.717, 1.165) is 39.4 Å². The van der Waals surface area contributed by atoms with Gasteiger partial charge in [-0.1, -0.05) is 37.3 Å². The lowest BCUT2D eigenvalue weighted by atomic mass is 10.0. The number of rotatable bonds is 9. The summed E-state index contributed by atoms with van der Waals surface area (Å²) in [5.74, 6) is 0.369. The third kappa shape index (κ3) is 5.66. The van der Waals surface area contributed by atoms with Crippen LogP contribution in [0.2, 0.25) is 0 Å². The SMILES string of the molecule is CCCOc1ccc2ccccc2c1/C=C1\SC(=O)N(CC(=O)Nc2ccc(OCC)cc2)C1=O. The number of hydrogen-bond acceptors (Lipinski definition) is 6. The normalized spacial score (nSPS) is 14.6. The molecule has 1 N–H and O–H groups in total. The summed E-state index contributed by atoms with van der Waals surface area (Å²) in [5, 5.41) is 4.14. The van der Waals surface area contributed by atoms with Gasteiger partial charge in [0.2, 0.25) is 5.91 Å². The second-order valence-electron chi connectivity index (χ2n) is 7.82. The van der Waals surface area contributed by atoms with E-state index >= 15 is 0 Å². The maximum atomic E-state index is 13.1. The van der Waals surface area contributed by atoms with Crippen LogP contribution in [0.25, 0.3) is 16.8 Å². The van der Waals surface area contributed by atoms with Crippen LogP contribution in [0.4, 0.5) is 10.5 Å². The number of imide groups is 1. The van der Waals surface area contributed by atoms with Gasteiger partial charge in [0.05, 0.1) is 18.1 Å². The molecule has 1 saturated heterocycles. The number of hydrogen-bond donors (Lipinski definition) is 1. The fourth-order valence-electron chi connectivity index (χ4n) is 3.68. The molecule has 8 heteroatoms. The molecular weight excluding hydrogens is 464 g/mol. The number of carbonyl (C=O) groups is 3. The third-order valence-corrected chi connectivity index (χ3v) is 6.20. The first-order valence-electron chi connectivity index (χ1n) is 11.4. The number of ether oxygens (including phenoxy) is 2. The summed E-state index contributed by atoms with van der Waals surface area (Å²) in [7, 11) is 0. The maximum Gasteiger partial charge on any atom is 0.294 e. The van der Waals surface area contributed by atoms with Crippen molar-refractivity contribution in [2.24, 2.45) is 0 Å². The van der Waals surface area contributed by atoms with Gasteiger partial charge >= 0.3 is 0 Å². The summed E-state index contributed by atoms with van der Waals surface area (Å²) in [4.78, 5) is 39.4. The molecule has 1 fully saturated rings. The highest BCUT2D eigenvalue weighted by atomic mass is 32.2. The maximum absolute atomic E-state index is 13.1. The Kier molecular flexibility index (Phi) is 7.72. The molecule has 1 aliphatic rings. The third-order valence-electron chi connectivity index (χ3n) is 5.29. The van der Waals surface area contributed by atoms with E-state index < -0.39 is 17.1 Å². The van der Waals surface area contributed by atoms with Gasteiger partial charge in [-0.15, -0.1) is 0 Å². The van der Waals surface area contributed by atoms with Crippen molar-refractivity contribution < 1.29 is 23.9 Å². The second-order valence-corrected chi connectivity index (χ2v) is 8.81. The molecule has 3 aromatic carbocycles. The zero-order valence-corrected chi connectivity index (χ0v) is 20.4. The second kappa shape index (κ2) is 11.1. The number of fused-ring (bicyclic) bond motifs is 1. The Morgan fingerprint density at radius 1 is 1.00 bits per heavy atom. The first kappa shape index (κ1) is 24.3. The van der Waals surface area contributed by atoms with Crippen molar-refractivity contribution in [3.05, 3.63) is 71.1 Å². The minimum atomic E-state index is -0.504. The highest BCUT2D eigenvalue weighted by Gasteiger charge is 2.36. The standard InChI is InChI=1S/C27H26N2O5S/c1-3-15-34-23-14-9-18-7-5-6-8-21(18)22(23)16-24-26(31)29(27(32)35-24)17-25(30)28-19-10-12-20(13-11-19)33-4-2/h5-14,16H,3-4,15,17H2,1-2H3,(H,28,30)/b24-16-. The first-order valence-corrected chi connectivity index (χ1v) is 12.2. The van der Waals surface area contributed by atoms with Crippen LogP contribution >= 0.6 is 11.8 Å². The summed E-state index contributed by atoms with van der Waals surface area (Å²) in [5.41, 5.74) is 1.29. The molecule has 1 aliphatic heterocycles. The van der Waals surface area contributed by atoms with Crippen molar-refractivity contribution in [2.45, 2.75) is 20.3 Å². The van der Waals surface area contributed by atoms with Gasteiger partial charge in [0, 0.05) is 11.3 Å². The van der Waals surface area contributed by atoms with Gasteiger partial charge < -0.3 is 14.8 Å². The van der Waals surface area contributed by atoms with Gasteiger partial charge in [-0.2, -0.15) is 0 Å². The molecule has 3 amide bonds. The molecule has 35 heavy (non-hydrogen) atoms. The number of amides is 3. The number of benzene rings is 3. The Balaban J connectivity index is 1.53. The molecule has 0 aliphatic carbocycles. The van der Waals surface area contributed by atoms with Crippen LogP contribution in [0.5, 0.6) is 11.5 Å². The molecule has 0 spiro atoms. The van der Waals surface area contributed by atoms with Crippen LogP contribution < -0.4 is 14.8 Å². The summed E-state index contributed by atoms with van der Waals surface area (Å²) >= 11 is 0.820. The lowest BCUT2D eigenvalue weighted by molar-refractivity contribution is -0.127. The van der Waals surface area contributed by atoms with E-state index in [2.05, 4.69) is 5.32 Å². The van der Waals surface area contributed by atoms with Crippen molar-refractivity contribution in [1.29, 1.82) is 0 Å². The van der Waals surface area contributed by atoms with Gasteiger partial charge in [0.15, 0.2) is 0 Å². The lowest BCUT2D eigenvalue weighted by Crippen LogP contribution is -2.36. The van der Waals surface area contributed by atoms with Crippen LogP contribution in [-0.2, 0) is 9.59 Å². The molecule has 0 saturated carbocycles. The number of nitrogens with zero attached hydrogens (tertiary/aromatic N) is 1. The van der Waals surface area contributed by atoms with Crippen molar-refractivity contribution >= 4 is 51.4 Å². The summed E-state index contributed by atoms with van der Waals surface area (Å²) in [6.07, 6.45) is 2.52. The topological polar surface area (TPSA) is 84.9 Å². The molecule has 0 bridgehead atoms. The molecule has 0 radical (unpaired) electrons. The Morgan fingerprint density at radius 2 is 1.77 bits per heavy atom. The molecule has 0 unspecified atom stereocenters. The molecule has 0 atom stereocenters. The van der Waals surface area contributed by atoms with Crippen LogP contribution in [-0.4, -0.2) is 41.7 Å². The molecule has 7 nitrogen and oxygen atoms in total. The van der Waals surface area contributed by atoms with Crippen molar-refractivity contribution in [3.63, 3.8) is 0 Å². The van der Waals surface area contributed by atoms with Crippen LogP contribution in [0.15, 0.2) is 65.6 Å². The van der Waals surface area contributed by atoms with Crippen molar-refractivity contribution in [1.82, 2.24) is 4.90 Å². The highest BCUT2D eigenvalue weighted by molar-refractivity contribution is 8.18. The molecule has 0 aromatic heterocycles. The number of thioether (sulfide) groups is 1. The van der Waals surface area contributed by atoms with E-state index in [1.807, 2.05) is 50.2 Å². The van der Waals surface area contributed by atoms with Gasteiger partial charge in [0.25, 0.3) is 11.1 Å². The van der Waals surface area contributed by atoms with Gasteiger partial charge in [-0.25, -0.2) is 0 Å². The van der Waals surface area contributed by atoms with Crippen molar-refractivity contribution in [3.8, 4) is 11.5 Å². The van der Waals surface area contributed by atoms with E-state index in [1.165, 1.54) is 0 Å². The number of carbonyl (C=O) groups excluding carboxylic acids is 3. The van der Waals surface area contributed by atoms with E-state index in [-0.39, 0.29) is 11.4 Å². The van der Waals surface area contributed by atoms with Gasteiger partial charge in [-0.3, -0.25) is 19.3 Å². The predicted octanol–water partition coefficient (Wildman–Crippen LogP) is 5.70. The summed E-state index contributed by atoms with van der Waals surface area (Å²) in [6, 6.07) is 18.5. The average Bonchev–Trinajstić information content (AvgIpc) is 3.12. The highest BCUT2D eigenvalue weighted by Crippen LogP contribution is 2.36. The molecule has 4 rings (SSSR count). The van der Waals surface area contributed by atoms with E-state index in [9.17, 15) is 14.4 Å². The minimum Gasteiger partial charge on any atom is -0.494 e. The molecular formula is C27H26N2O5S. The summed E-state index contributed by atoms with van der Waals surface area (Å²) in [6.45, 7) is 4.62. The smallest absolute Gasteiger partial charge is 0.294 e. The van der Waals surface area contributed by atoms with Crippen LogP contribution in [0, 0.1) is 0 Å². The Labute approximate surface area is 208 Å². The lowest BCUT2D eigenvalue weighted by Gasteiger charge is -2.13.